The molecule has 2 aromatic rings. The van der Waals surface area contributed by atoms with E-state index < -0.39 is 17.3 Å². The molecule has 3 heterocycles. The normalized spacial score (nSPS) is 18.0. The van der Waals surface area contributed by atoms with Gasteiger partial charge in [-0.05, 0) is 44.9 Å². The molecule has 3 rings (SSSR count). The number of anilines is 1. The zero-order valence-electron chi connectivity index (χ0n) is 16.0. The van der Waals surface area contributed by atoms with Crippen LogP contribution in [-0.4, -0.2) is 45.3 Å². The molecular formula is C19H23ClF3N5O. The number of likely N-dealkylation sites (tertiary alicyclic amines) is 1. The van der Waals surface area contributed by atoms with Crippen molar-refractivity contribution in [3.8, 4) is 5.82 Å². The largest absolute Gasteiger partial charge is 0.417 e. The molecule has 1 saturated heterocycles. The molecule has 1 aliphatic rings. The van der Waals surface area contributed by atoms with Gasteiger partial charge in [0.1, 0.15) is 5.02 Å². The highest BCUT2D eigenvalue weighted by molar-refractivity contribution is 6.32. The van der Waals surface area contributed by atoms with E-state index in [-0.39, 0.29) is 10.8 Å². The van der Waals surface area contributed by atoms with Gasteiger partial charge >= 0.3 is 6.18 Å². The van der Waals surface area contributed by atoms with E-state index in [0.29, 0.717) is 24.5 Å². The van der Waals surface area contributed by atoms with Crippen molar-refractivity contribution in [2.45, 2.75) is 44.8 Å². The summed E-state index contributed by atoms with van der Waals surface area (Å²) in [7, 11) is 0. The Morgan fingerprint density at radius 1 is 1.28 bits per heavy atom. The average molecular weight is 430 g/mol. The SMILES string of the molecule is CC1CCCCN1CCCNc1cnn(-c2ccc(C(F)(F)F)cn2)c(=O)c1Cl. The molecule has 0 bridgehead atoms. The third kappa shape index (κ3) is 5.27. The van der Waals surface area contributed by atoms with Gasteiger partial charge in [-0.1, -0.05) is 18.0 Å². The fourth-order valence-corrected chi connectivity index (χ4v) is 3.59. The molecule has 0 aromatic carbocycles. The zero-order chi connectivity index (χ0) is 21.0. The Morgan fingerprint density at radius 2 is 2.07 bits per heavy atom. The van der Waals surface area contributed by atoms with Crippen molar-refractivity contribution in [2.75, 3.05) is 25.0 Å². The van der Waals surface area contributed by atoms with Gasteiger partial charge < -0.3 is 10.2 Å². The lowest BCUT2D eigenvalue weighted by Gasteiger charge is -2.33. The number of nitrogens with one attached hydrogen (secondary N) is 1. The van der Waals surface area contributed by atoms with E-state index in [0.717, 1.165) is 36.3 Å². The van der Waals surface area contributed by atoms with Crippen molar-refractivity contribution in [3.63, 3.8) is 0 Å². The van der Waals surface area contributed by atoms with Crippen LogP contribution in [0.4, 0.5) is 18.9 Å². The number of piperidine rings is 1. The van der Waals surface area contributed by atoms with E-state index in [1.165, 1.54) is 25.5 Å². The Labute approximate surface area is 171 Å². The molecule has 0 spiro atoms. The number of hydrogen-bond acceptors (Lipinski definition) is 5. The van der Waals surface area contributed by atoms with Crippen LogP contribution in [0.25, 0.3) is 5.82 Å². The van der Waals surface area contributed by atoms with Gasteiger partial charge in [-0.25, -0.2) is 4.98 Å². The molecule has 158 valence electrons. The molecule has 1 unspecified atom stereocenters. The molecule has 6 nitrogen and oxygen atoms in total. The summed E-state index contributed by atoms with van der Waals surface area (Å²) in [5, 5.41) is 7.02. The highest BCUT2D eigenvalue weighted by atomic mass is 35.5. The van der Waals surface area contributed by atoms with Gasteiger partial charge in [0, 0.05) is 25.3 Å². The number of halogens is 4. The molecule has 10 heteroatoms. The Kier molecular flexibility index (Phi) is 6.79. The number of nitrogens with zero attached hydrogens (tertiary/aromatic N) is 4. The lowest BCUT2D eigenvalue weighted by molar-refractivity contribution is -0.137. The van der Waals surface area contributed by atoms with Gasteiger partial charge in [0.25, 0.3) is 5.56 Å². The molecule has 1 N–H and O–H groups in total. The molecule has 1 fully saturated rings. The molecule has 0 aliphatic carbocycles. The predicted molar refractivity (Wildman–Crippen MR) is 106 cm³/mol. The van der Waals surface area contributed by atoms with Crippen LogP contribution in [0.3, 0.4) is 0 Å². The van der Waals surface area contributed by atoms with E-state index in [1.807, 2.05) is 0 Å². The first-order valence-corrected chi connectivity index (χ1v) is 9.94. The summed E-state index contributed by atoms with van der Waals surface area (Å²) in [5.74, 6) is -0.0319. The standard InChI is InChI=1S/C19H23ClF3N5O/c1-13-5-2-3-9-27(13)10-4-8-24-15-12-26-28(18(29)17(15)20)16-7-6-14(11-25-16)19(21,22)23/h6-7,11-13,24H,2-5,8-10H2,1H3. The fraction of sp³-hybridized carbons (Fsp3) is 0.526. The summed E-state index contributed by atoms with van der Waals surface area (Å²) in [6.45, 7) is 4.94. The first-order chi connectivity index (χ1) is 13.8. The second-order valence-electron chi connectivity index (χ2n) is 7.15. The van der Waals surface area contributed by atoms with Crippen molar-refractivity contribution >= 4 is 17.3 Å². The molecule has 0 saturated carbocycles. The van der Waals surface area contributed by atoms with Crippen LogP contribution in [0, 0.1) is 0 Å². The molecular weight excluding hydrogens is 407 g/mol. The fourth-order valence-electron chi connectivity index (χ4n) is 3.39. The van der Waals surface area contributed by atoms with Gasteiger partial charge in [-0.3, -0.25) is 4.79 Å². The Balaban J connectivity index is 1.62. The number of rotatable bonds is 6. The first-order valence-electron chi connectivity index (χ1n) is 9.57. The maximum Gasteiger partial charge on any atom is 0.417 e. The van der Waals surface area contributed by atoms with Gasteiger partial charge in [0.05, 0.1) is 17.4 Å². The lowest BCUT2D eigenvalue weighted by Crippen LogP contribution is -2.38. The van der Waals surface area contributed by atoms with Crippen LogP contribution < -0.4 is 10.9 Å². The molecule has 2 aromatic heterocycles. The first kappa shape index (κ1) is 21.6. The quantitative estimate of drug-likeness (QED) is 0.704. The summed E-state index contributed by atoms with van der Waals surface area (Å²) in [5.41, 5.74) is -1.15. The third-order valence-electron chi connectivity index (χ3n) is 5.09. The highest BCUT2D eigenvalue weighted by Crippen LogP contribution is 2.28. The van der Waals surface area contributed by atoms with Gasteiger partial charge in [0.15, 0.2) is 5.82 Å². The van der Waals surface area contributed by atoms with E-state index in [4.69, 9.17) is 11.6 Å². The van der Waals surface area contributed by atoms with Crippen LogP contribution in [0.15, 0.2) is 29.3 Å². The van der Waals surface area contributed by atoms with Gasteiger partial charge in [0.2, 0.25) is 0 Å². The molecule has 0 radical (unpaired) electrons. The number of hydrogen-bond donors (Lipinski definition) is 1. The van der Waals surface area contributed by atoms with Gasteiger partial charge in [-0.15, -0.1) is 0 Å². The van der Waals surface area contributed by atoms with Crippen LogP contribution in [0.1, 0.15) is 38.2 Å². The minimum atomic E-state index is -4.50. The van der Waals surface area contributed by atoms with Crippen molar-refractivity contribution in [3.05, 3.63) is 45.5 Å². The topological polar surface area (TPSA) is 63.1 Å². The summed E-state index contributed by atoms with van der Waals surface area (Å²) in [6.07, 6.45) is 2.16. The van der Waals surface area contributed by atoms with Crippen LogP contribution in [0.5, 0.6) is 0 Å². The lowest BCUT2D eigenvalue weighted by atomic mass is 10.0. The summed E-state index contributed by atoms with van der Waals surface area (Å²) >= 11 is 6.15. The molecule has 1 atom stereocenters. The molecule has 29 heavy (non-hydrogen) atoms. The van der Waals surface area contributed by atoms with Crippen LogP contribution >= 0.6 is 11.6 Å². The Morgan fingerprint density at radius 3 is 2.72 bits per heavy atom. The van der Waals surface area contributed by atoms with Gasteiger partial charge in [-0.2, -0.15) is 23.0 Å². The van der Waals surface area contributed by atoms with E-state index >= 15 is 0 Å². The van der Waals surface area contributed by atoms with E-state index in [2.05, 4.69) is 27.2 Å². The average Bonchev–Trinajstić information content (AvgIpc) is 2.69. The minimum absolute atomic E-state index is 0.0319. The third-order valence-corrected chi connectivity index (χ3v) is 5.45. The minimum Gasteiger partial charge on any atom is -0.382 e. The summed E-state index contributed by atoms with van der Waals surface area (Å²) in [6, 6.07) is 2.52. The highest BCUT2D eigenvalue weighted by Gasteiger charge is 2.30. The predicted octanol–water partition coefficient (Wildman–Crippen LogP) is 3.98. The maximum atomic E-state index is 12.6. The second-order valence-corrected chi connectivity index (χ2v) is 7.53. The van der Waals surface area contributed by atoms with E-state index in [1.54, 1.807) is 0 Å². The number of alkyl halides is 3. The molecule has 1 aliphatic heterocycles. The van der Waals surface area contributed by atoms with Crippen molar-refractivity contribution in [2.24, 2.45) is 0 Å². The zero-order valence-corrected chi connectivity index (χ0v) is 16.8. The van der Waals surface area contributed by atoms with E-state index in [9.17, 15) is 18.0 Å². The number of aromatic nitrogens is 3. The van der Waals surface area contributed by atoms with Crippen molar-refractivity contribution < 1.29 is 13.2 Å². The Bertz CT molecular complexity index is 885. The Hall–Kier alpha value is -2.13. The van der Waals surface area contributed by atoms with Crippen LogP contribution in [-0.2, 0) is 6.18 Å². The maximum absolute atomic E-state index is 12.6. The number of pyridine rings is 1. The van der Waals surface area contributed by atoms with Crippen LogP contribution in [0.2, 0.25) is 5.02 Å². The van der Waals surface area contributed by atoms with Crippen molar-refractivity contribution in [1.29, 1.82) is 0 Å². The monoisotopic (exact) mass is 429 g/mol. The van der Waals surface area contributed by atoms with Crippen molar-refractivity contribution in [1.82, 2.24) is 19.7 Å². The summed E-state index contributed by atoms with van der Waals surface area (Å²) in [4.78, 5) is 18.6. The summed E-state index contributed by atoms with van der Waals surface area (Å²) < 4.78 is 38.8. The molecule has 0 amide bonds. The smallest absolute Gasteiger partial charge is 0.382 e. The second kappa shape index (κ2) is 9.13.